The van der Waals surface area contributed by atoms with Crippen LogP contribution in [-0.2, 0) is 0 Å². The van der Waals surface area contributed by atoms with Gasteiger partial charge in [0.1, 0.15) is 0 Å². The van der Waals surface area contributed by atoms with E-state index < -0.39 is 0 Å². The summed E-state index contributed by atoms with van der Waals surface area (Å²) in [6, 6.07) is 5.83. The topological polar surface area (TPSA) is 75.6 Å². The lowest BCUT2D eigenvalue weighted by molar-refractivity contribution is 0.192. The molecule has 1 aromatic carbocycles. The van der Waals surface area contributed by atoms with E-state index in [4.69, 9.17) is 5.73 Å². The first kappa shape index (κ1) is 16.8. The number of aryl methyl sites for hydroxylation is 1. The van der Waals surface area contributed by atoms with Crippen LogP contribution < -0.4 is 5.73 Å². The predicted octanol–water partition coefficient (Wildman–Crippen LogP) is 1.46. The lowest BCUT2D eigenvalue weighted by atomic mass is 10.0. The third-order valence-electron chi connectivity index (χ3n) is 5.14. The average Bonchev–Trinajstić information content (AvgIpc) is 3.14. The van der Waals surface area contributed by atoms with Crippen molar-refractivity contribution < 1.29 is 0 Å². The molecule has 7 heteroatoms. The Hall–Kier alpha value is -2.67. The number of nitrogen functional groups attached to an aromatic ring is 1. The molecular weight excluding hydrogens is 326 g/mol. The number of anilines is 1. The van der Waals surface area contributed by atoms with E-state index in [9.17, 15) is 0 Å². The van der Waals surface area contributed by atoms with Crippen LogP contribution in [0.2, 0.25) is 0 Å². The number of allylic oxidation sites excluding steroid dienone is 1. The first-order valence-corrected chi connectivity index (χ1v) is 9.04. The molecule has 0 spiro atoms. The van der Waals surface area contributed by atoms with E-state index in [0.717, 1.165) is 48.8 Å². The molecule has 0 radical (unpaired) electrons. The summed E-state index contributed by atoms with van der Waals surface area (Å²) in [4.78, 5) is 9.34. The molecule has 0 saturated carbocycles. The maximum Gasteiger partial charge on any atom is 0.0919 e. The molecule has 1 saturated heterocycles. The van der Waals surface area contributed by atoms with Crippen LogP contribution in [0.25, 0.3) is 5.69 Å². The van der Waals surface area contributed by atoms with E-state index in [0.29, 0.717) is 6.54 Å². The Labute approximate surface area is 153 Å². The summed E-state index contributed by atoms with van der Waals surface area (Å²) in [6.45, 7) is 7.01. The summed E-state index contributed by atoms with van der Waals surface area (Å²) < 4.78 is 1.81. The lowest BCUT2D eigenvalue weighted by Crippen LogP contribution is -2.44. The monoisotopic (exact) mass is 351 g/mol. The second-order valence-electron chi connectivity index (χ2n) is 7.12. The van der Waals surface area contributed by atoms with Crippen LogP contribution >= 0.6 is 0 Å². The van der Waals surface area contributed by atoms with E-state index in [1.54, 1.807) is 0 Å². The van der Waals surface area contributed by atoms with Crippen LogP contribution in [0.15, 0.2) is 41.2 Å². The highest BCUT2D eigenvalue weighted by molar-refractivity contribution is 5.79. The molecule has 0 aliphatic carbocycles. The van der Waals surface area contributed by atoms with Crippen LogP contribution in [-0.4, -0.2) is 70.8 Å². The molecule has 2 aliphatic rings. The fraction of sp³-hybridized carbons (Fsp3) is 0.421. The molecular formula is C19H25N7. The van der Waals surface area contributed by atoms with Gasteiger partial charge in [0.15, 0.2) is 0 Å². The number of benzene rings is 1. The van der Waals surface area contributed by atoms with E-state index in [1.807, 2.05) is 42.2 Å². The molecule has 2 N–H and O–H groups in total. The summed E-state index contributed by atoms with van der Waals surface area (Å²) in [6.07, 6.45) is 6.26. The molecule has 1 atom stereocenters. The van der Waals surface area contributed by atoms with Crippen molar-refractivity contribution in [3.05, 3.63) is 47.4 Å². The normalized spacial score (nSPS) is 21.1. The SMILES string of the molecule is Cc1ccc(N)cc1-n1cc(C2C=C(N3CCN(C)CC3)C=NC2)nn1. The van der Waals surface area contributed by atoms with Crippen molar-refractivity contribution in [1.29, 1.82) is 0 Å². The number of dihydropyridines is 1. The van der Waals surface area contributed by atoms with Crippen LogP contribution in [0.1, 0.15) is 17.2 Å². The van der Waals surface area contributed by atoms with Gasteiger partial charge >= 0.3 is 0 Å². The Balaban J connectivity index is 1.56. The summed E-state index contributed by atoms with van der Waals surface area (Å²) in [5, 5.41) is 8.73. The lowest BCUT2D eigenvalue weighted by Gasteiger charge is -2.35. The highest BCUT2D eigenvalue weighted by Gasteiger charge is 2.21. The number of aliphatic imine (C=N–C) groups is 1. The van der Waals surface area contributed by atoms with Crippen molar-refractivity contribution in [2.75, 3.05) is 45.5 Å². The zero-order valence-electron chi connectivity index (χ0n) is 15.3. The van der Waals surface area contributed by atoms with Gasteiger partial charge in [-0.2, -0.15) is 0 Å². The predicted molar refractivity (Wildman–Crippen MR) is 104 cm³/mol. The first-order chi connectivity index (χ1) is 12.6. The van der Waals surface area contributed by atoms with E-state index >= 15 is 0 Å². The van der Waals surface area contributed by atoms with Crippen molar-refractivity contribution >= 4 is 11.9 Å². The molecule has 3 heterocycles. The van der Waals surface area contributed by atoms with Gasteiger partial charge in [-0.15, -0.1) is 5.10 Å². The fourth-order valence-corrected chi connectivity index (χ4v) is 3.43. The third kappa shape index (κ3) is 3.35. The molecule has 1 fully saturated rings. The maximum absolute atomic E-state index is 5.93. The van der Waals surface area contributed by atoms with E-state index in [1.165, 1.54) is 5.70 Å². The van der Waals surface area contributed by atoms with Gasteiger partial charge in [0.2, 0.25) is 0 Å². The standard InChI is InChI=1S/C19H25N7/c1-14-3-4-16(20)10-19(14)26-13-18(22-23-26)15-9-17(12-21-11-15)25-7-5-24(2)6-8-25/h3-4,9-10,12-13,15H,5-8,11,20H2,1-2H3. The Morgan fingerprint density at radius 2 is 1.96 bits per heavy atom. The van der Waals surface area contributed by atoms with Crippen LogP contribution in [0.3, 0.4) is 0 Å². The van der Waals surface area contributed by atoms with Gasteiger partial charge in [-0.1, -0.05) is 11.3 Å². The number of hydrogen-bond donors (Lipinski definition) is 1. The summed E-state index contributed by atoms with van der Waals surface area (Å²) in [5.41, 5.74) is 10.9. The van der Waals surface area contributed by atoms with Gasteiger partial charge in [-0.3, -0.25) is 4.99 Å². The van der Waals surface area contributed by atoms with Crippen LogP contribution in [0.5, 0.6) is 0 Å². The van der Waals surface area contributed by atoms with Crippen molar-refractivity contribution in [2.45, 2.75) is 12.8 Å². The highest BCUT2D eigenvalue weighted by atomic mass is 15.4. The van der Waals surface area contributed by atoms with Crippen molar-refractivity contribution in [3.8, 4) is 5.69 Å². The van der Waals surface area contributed by atoms with Gasteiger partial charge in [0, 0.05) is 44.0 Å². The Kier molecular flexibility index (Phi) is 4.46. The number of rotatable bonds is 3. The highest BCUT2D eigenvalue weighted by Crippen LogP contribution is 2.24. The Bertz CT molecular complexity index is 843. The number of nitrogens with two attached hydrogens (primary N) is 1. The molecule has 0 amide bonds. The summed E-state index contributed by atoms with van der Waals surface area (Å²) in [7, 11) is 2.17. The Morgan fingerprint density at radius 1 is 1.15 bits per heavy atom. The van der Waals surface area contributed by atoms with E-state index in [2.05, 4.69) is 38.2 Å². The second-order valence-corrected chi connectivity index (χ2v) is 7.12. The van der Waals surface area contributed by atoms with Crippen LogP contribution in [0.4, 0.5) is 5.69 Å². The number of piperazine rings is 1. The zero-order valence-corrected chi connectivity index (χ0v) is 15.3. The zero-order chi connectivity index (χ0) is 18.1. The molecule has 2 aliphatic heterocycles. The smallest absolute Gasteiger partial charge is 0.0919 e. The quantitative estimate of drug-likeness (QED) is 0.847. The number of aromatic nitrogens is 3. The van der Waals surface area contributed by atoms with Crippen LogP contribution in [0, 0.1) is 6.92 Å². The minimum atomic E-state index is 0.157. The minimum absolute atomic E-state index is 0.157. The molecule has 26 heavy (non-hydrogen) atoms. The minimum Gasteiger partial charge on any atom is -0.399 e. The number of nitrogens with zero attached hydrogens (tertiary/aromatic N) is 6. The van der Waals surface area contributed by atoms with Gasteiger partial charge in [-0.05, 0) is 37.7 Å². The first-order valence-electron chi connectivity index (χ1n) is 9.04. The summed E-state index contributed by atoms with van der Waals surface area (Å²) in [5.74, 6) is 0.157. The molecule has 2 aromatic rings. The average molecular weight is 351 g/mol. The molecule has 4 rings (SSSR count). The molecule has 7 nitrogen and oxygen atoms in total. The van der Waals surface area contributed by atoms with E-state index in [-0.39, 0.29) is 5.92 Å². The van der Waals surface area contributed by atoms with Gasteiger partial charge in [0.25, 0.3) is 0 Å². The molecule has 1 aromatic heterocycles. The molecule has 136 valence electrons. The van der Waals surface area contributed by atoms with Crippen molar-refractivity contribution in [2.24, 2.45) is 4.99 Å². The number of likely N-dealkylation sites (N-methyl/N-ethyl adjacent to an activating group) is 1. The summed E-state index contributed by atoms with van der Waals surface area (Å²) >= 11 is 0. The molecule has 0 bridgehead atoms. The van der Waals surface area contributed by atoms with Gasteiger partial charge in [0.05, 0.1) is 29.8 Å². The second kappa shape index (κ2) is 6.92. The van der Waals surface area contributed by atoms with Crippen molar-refractivity contribution in [1.82, 2.24) is 24.8 Å². The number of hydrogen-bond acceptors (Lipinski definition) is 6. The molecule has 1 unspecified atom stereocenters. The third-order valence-corrected chi connectivity index (χ3v) is 5.14. The largest absolute Gasteiger partial charge is 0.399 e. The fourth-order valence-electron chi connectivity index (χ4n) is 3.43. The Morgan fingerprint density at radius 3 is 2.77 bits per heavy atom. The van der Waals surface area contributed by atoms with Gasteiger partial charge < -0.3 is 15.5 Å². The maximum atomic E-state index is 5.93. The van der Waals surface area contributed by atoms with Gasteiger partial charge in [-0.25, -0.2) is 4.68 Å². The van der Waals surface area contributed by atoms with Crippen molar-refractivity contribution in [3.63, 3.8) is 0 Å².